The van der Waals surface area contributed by atoms with Gasteiger partial charge in [-0.1, -0.05) is 35.9 Å². The average molecular weight is 430 g/mol. The number of carbonyl (C=O) groups is 2. The second-order valence-corrected chi connectivity index (χ2v) is 7.18. The maximum atomic E-state index is 13.9. The predicted octanol–water partition coefficient (Wildman–Crippen LogP) is 4.22. The Balaban J connectivity index is 1.84. The molecule has 0 unspecified atom stereocenters. The molecule has 0 bridgehead atoms. The molecule has 0 aliphatic heterocycles. The van der Waals surface area contributed by atoms with Crippen molar-refractivity contribution in [3.63, 3.8) is 0 Å². The van der Waals surface area contributed by atoms with Crippen molar-refractivity contribution in [1.82, 2.24) is 14.7 Å². The Morgan fingerprint density at radius 2 is 1.71 bits per heavy atom. The number of halogens is 3. The second kappa shape index (κ2) is 8.63. The molecule has 0 aliphatic carbocycles. The zero-order valence-electron chi connectivity index (χ0n) is 17.2. The number of amides is 2. The van der Waals surface area contributed by atoms with Crippen molar-refractivity contribution in [2.75, 3.05) is 18.9 Å². The topological polar surface area (TPSA) is 67.2 Å². The average Bonchev–Trinajstić information content (AvgIpc) is 3.14. The lowest BCUT2D eigenvalue weighted by atomic mass is 10.1. The lowest BCUT2D eigenvalue weighted by Crippen LogP contribution is -2.35. The fraction of sp³-hybridized carbons (Fsp3) is 0.227. The van der Waals surface area contributed by atoms with E-state index in [0.717, 1.165) is 16.7 Å². The summed E-state index contributed by atoms with van der Waals surface area (Å²) in [6.45, 7) is 3.13. The second-order valence-electron chi connectivity index (χ2n) is 7.18. The summed E-state index contributed by atoms with van der Waals surface area (Å²) in [6.07, 6.45) is -3.94. The van der Waals surface area contributed by atoms with E-state index in [-0.39, 0.29) is 5.69 Å². The molecule has 0 saturated carbocycles. The minimum atomic E-state index is -4.82. The van der Waals surface area contributed by atoms with Crippen molar-refractivity contribution in [3.05, 3.63) is 77.1 Å². The van der Waals surface area contributed by atoms with Crippen molar-refractivity contribution in [2.24, 2.45) is 0 Å². The van der Waals surface area contributed by atoms with Gasteiger partial charge in [0.2, 0.25) is 5.91 Å². The number of aryl methyl sites for hydroxylation is 2. The van der Waals surface area contributed by atoms with Crippen LogP contribution in [-0.4, -0.2) is 40.1 Å². The molecule has 2 amide bonds. The minimum Gasteiger partial charge on any atom is -0.332 e. The molecule has 0 saturated heterocycles. The van der Waals surface area contributed by atoms with Crippen LogP contribution < -0.4 is 5.32 Å². The molecule has 9 heteroatoms. The first-order valence-corrected chi connectivity index (χ1v) is 9.41. The number of nitrogens with one attached hydrogen (secondary N) is 1. The van der Waals surface area contributed by atoms with Gasteiger partial charge in [0.25, 0.3) is 5.91 Å². The van der Waals surface area contributed by atoms with E-state index >= 15 is 0 Å². The fourth-order valence-corrected chi connectivity index (χ4v) is 3.09. The molecule has 0 radical (unpaired) electrons. The summed E-state index contributed by atoms with van der Waals surface area (Å²) in [7, 11) is 1.27. The van der Waals surface area contributed by atoms with Gasteiger partial charge >= 0.3 is 6.18 Å². The number of rotatable bonds is 5. The van der Waals surface area contributed by atoms with Crippen LogP contribution >= 0.6 is 0 Å². The molecule has 3 aromatic rings. The van der Waals surface area contributed by atoms with Gasteiger partial charge in [-0.3, -0.25) is 9.59 Å². The lowest BCUT2D eigenvalue weighted by Gasteiger charge is -2.18. The molecule has 0 aliphatic rings. The highest BCUT2D eigenvalue weighted by Gasteiger charge is 2.41. The van der Waals surface area contributed by atoms with E-state index < -0.39 is 35.8 Å². The first-order valence-electron chi connectivity index (χ1n) is 9.41. The Hall–Kier alpha value is -3.62. The van der Waals surface area contributed by atoms with E-state index in [2.05, 4.69) is 10.4 Å². The van der Waals surface area contributed by atoms with E-state index in [1.54, 1.807) is 49.4 Å². The zero-order valence-corrected chi connectivity index (χ0v) is 17.2. The third-order valence-electron chi connectivity index (χ3n) is 4.67. The predicted molar refractivity (Wildman–Crippen MR) is 110 cm³/mol. The third-order valence-corrected chi connectivity index (χ3v) is 4.67. The van der Waals surface area contributed by atoms with Gasteiger partial charge in [-0.15, -0.1) is 0 Å². The number of carbonyl (C=O) groups excluding carboxylic acids is 2. The molecule has 1 aromatic heterocycles. The minimum absolute atomic E-state index is 0.216. The monoisotopic (exact) mass is 430 g/mol. The molecule has 2 aromatic carbocycles. The number of hydrogen-bond donors (Lipinski definition) is 1. The van der Waals surface area contributed by atoms with Crippen LogP contribution in [0.1, 0.15) is 27.2 Å². The Labute approximate surface area is 177 Å². The van der Waals surface area contributed by atoms with Gasteiger partial charge in [-0.05, 0) is 37.6 Å². The van der Waals surface area contributed by atoms with E-state index in [9.17, 15) is 22.8 Å². The number of hydrogen-bond acceptors (Lipinski definition) is 3. The number of para-hydroxylation sites is 1. The van der Waals surface area contributed by atoms with Gasteiger partial charge < -0.3 is 10.2 Å². The fourth-order valence-electron chi connectivity index (χ4n) is 3.09. The van der Waals surface area contributed by atoms with Crippen molar-refractivity contribution in [3.8, 4) is 5.69 Å². The summed E-state index contributed by atoms with van der Waals surface area (Å²) < 4.78 is 42.3. The van der Waals surface area contributed by atoms with E-state index in [4.69, 9.17) is 0 Å². The van der Waals surface area contributed by atoms with Crippen LogP contribution in [0.25, 0.3) is 5.69 Å². The Morgan fingerprint density at radius 3 is 2.32 bits per heavy atom. The van der Waals surface area contributed by atoms with Crippen molar-refractivity contribution in [2.45, 2.75) is 20.0 Å². The molecule has 6 nitrogen and oxygen atoms in total. The molecule has 0 atom stereocenters. The summed E-state index contributed by atoms with van der Waals surface area (Å²) in [6, 6.07) is 13.4. The molecule has 1 N–H and O–H groups in total. The van der Waals surface area contributed by atoms with E-state index in [1.165, 1.54) is 13.1 Å². The van der Waals surface area contributed by atoms with Gasteiger partial charge in [0.15, 0.2) is 5.69 Å². The highest BCUT2D eigenvalue weighted by molar-refractivity contribution is 6.00. The highest BCUT2D eigenvalue weighted by atomic mass is 19.4. The number of alkyl halides is 3. The summed E-state index contributed by atoms with van der Waals surface area (Å²) >= 11 is 0. The van der Waals surface area contributed by atoms with Crippen molar-refractivity contribution in [1.29, 1.82) is 0 Å². The first-order chi connectivity index (χ1) is 14.6. The van der Waals surface area contributed by atoms with Crippen LogP contribution in [-0.2, 0) is 11.0 Å². The molecule has 162 valence electrons. The Bertz CT molecular complexity index is 1100. The summed E-state index contributed by atoms with van der Waals surface area (Å²) in [5.41, 5.74) is 0.518. The summed E-state index contributed by atoms with van der Waals surface area (Å²) in [5.74, 6) is -1.48. The normalized spacial score (nSPS) is 11.3. The molecule has 31 heavy (non-hydrogen) atoms. The quantitative estimate of drug-likeness (QED) is 0.659. The summed E-state index contributed by atoms with van der Waals surface area (Å²) in [4.78, 5) is 25.9. The van der Waals surface area contributed by atoms with E-state index in [0.29, 0.717) is 15.9 Å². The number of aromatic nitrogens is 2. The number of likely N-dealkylation sites (N-methyl/N-ethyl adjacent to an activating group) is 1. The Kier molecular flexibility index (Phi) is 6.14. The maximum Gasteiger partial charge on any atom is 0.434 e. The lowest BCUT2D eigenvalue weighted by molar-refractivity contribution is -0.143. The van der Waals surface area contributed by atoms with Gasteiger partial charge in [0, 0.05) is 12.7 Å². The maximum absolute atomic E-state index is 13.9. The van der Waals surface area contributed by atoms with Crippen LogP contribution in [0.4, 0.5) is 18.9 Å². The van der Waals surface area contributed by atoms with Crippen LogP contribution in [0, 0.1) is 13.8 Å². The first kappa shape index (κ1) is 22.1. The smallest absolute Gasteiger partial charge is 0.332 e. The van der Waals surface area contributed by atoms with Gasteiger partial charge in [0.05, 0.1) is 24.0 Å². The molecule has 1 heterocycles. The molecular weight excluding hydrogens is 409 g/mol. The van der Waals surface area contributed by atoms with Gasteiger partial charge in [0.1, 0.15) is 0 Å². The van der Waals surface area contributed by atoms with Crippen LogP contribution in [0.3, 0.4) is 0 Å². The number of nitrogens with zero attached hydrogens (tertiary/aromatic N) is 3. The Morgan fingerprint density at radius 1 is 1.06 bits per heavy atom. The summed E-state index contributed by atoms with van der Waals surface area (Å²) in [5, 5.41) is 6.43. The highest BCUT2D eigenvalue weighted by Crippen LogP contribution is 2.34. The molecular formula is C22H21F3N4O2. The SMILES string of the molecule is Cc1ccc(NC(=O)CN(C)C(=O)c2cnn(-c3ccccc3C)c2C(F)(F)F)cc1. The van der Waals surface area contributed by atoms with Crippen LogP contribution in [0.2, 0.25) is 0 Å². The van der Waals surface area contributed by atoms with Gasteiger partial charge in [-0.25, -0.2) is 4.68 Å². The third kappa shape index (κ3) is 4.93. The zero-order chi connectivity index (χ0) is 22.8. The molecule has 0 fully saturated rings. The van der Waals surface area contributed by atoms with Crippen molar-refractivity contribution < 1.29 is 22.8 Å². The molecule has 0 spiro atoms. The van der Waals surface area contributed by atoms with E-state index in [1.807, 2.05) is 6.92 Å². The standard InChI is InChI=1S/C22H21F3N4O2/c1-14-8-10-16(11-9-14)27-19(30)13-28(3)21(31)17-12-26-29(20(17)22(23,24)25)18-7-5-4-6-15(18)2/h4-12H,13H2,1-3H3,(H,27,30). The number of anilines is 1. The van der Waals surface area contributed by atoms with Crippen LogP contribution in [0.5, 0.6) is 0 Å². The van der Waals surface area contributed by atoms with Crippen LogP contribution in [0.15, 0.2) is 54.7 Å². The number of benzene rings is 2. The van der Waals surface area contributed by atoms with Crippen molar-refractivity contribution >= 4 is 17.5 Å². The van der Waals surface area contributed by atoms with Gasteiger partial charge in [-0.2, -0.15) is 18.3 Å². The largest absolute Gasteiger partial charge is 0.434 e. The molecule has 3 rings (SSSR count).